The van der Waals surface area contributed by atoms with Crippen molar-refractivity contribution in [1.82, 2.24) is 0 Å². The van der Waals surface area contributed by atoms with E-state index in [0.717, 1.165) is 5.56 Å². The third-order valence-corrected chi connectivity index (χ3v) is 8.07. The highest BCUT2D eigenvalue weighted by Crippen LogP contribution is 2.63. The number of aliphatic hydroxyl groups is 2. The van der Waals surface area contributed by atoms with Crippen molar-refractivity contribution in [3.8, 4) is 0 Å². The van der Waals surface area contributed by atoms with Crippen molar-refractivity contribution >= 4 is 17.7 Å². The standard InChI is InChI=1S/C24H34O8/c1-14-19(27)20(28)21-22(4,13-31-15(2)25)18(32-16(3)26)7-9-23(21,5)24(14,29)10-6-17-8-11-30-12-17/h8,11-12,14,18,20-21,28-29H,6-7,9-10,13H2,1-5H3/t14-,18-,20+,21-,22-,23-,24+/m0/s1. The molecule has 8 heteroatoms. The van der Waals surface area contributed by atoms with E-state index in [1.165, 1.54) is 13.8 Å². The van der Waals surface area contributed by atoms with Crippen LogP contribution in [0.5, 0.6) is 0 Å². The minimum absolute atomic E-state index is 0.142. The molecule has 2 N–H and O–H groups in total. The van der Waals surface area contributed by atoms with Crippen LogP contribution >= 0.6 is 0 Å². The molecule has 0 amide bonds. The predicted molar refractivity (Wildman–Crippen MR) is 113 cm³/mol. The first-order chi connectivity index (χ1) is 14.9. The number of carbonyl (C=O) groups is 3. The summed E-state index contributed by atoms with van der Waals surface area (Å²) in [4.78, 5) is 36.7. The Balaban J connectivity index is 2.07. The number of rotatable bonds is 6. The zero-order valence-corrected chi connectivity index (χ0v) is 19.4. The molecule has 0 aliphatic heterocycles. The molecule has 178 valence electrons. The molecule has 0 radical (unpaired) electrons. The summed E-state index contributed by atoms with van der Waals surface area (Å²) < 4.78 is 16.1. The number of fused-ring (bicyclic) bond motifs is 1. The number of aryl methyl sites for hydroxylation is 1. The van der Waals surface area contributed by atoms with Gasteiger partial charge in [0, 0.05) is 36.5 Å². The van der Waals surface area contributed by atoms with E-state index in [0.29, 0.717) is 25.7 Å². The van der Waals surface area contributed by atoms with Crippen molar-refractivity contribution in [2.24, 2.45) is 22.7 Å². The summed E-state index contributed by atoms with van der Waals surface area (Å²) >= 11 is 0. The quantitative estimate of drug-likeness (QED) is 0.634. The smallest absolute Gasteiger partial charge is 0.302 e. The van der Waals surface area contributed by atoms with E-state index in [1.54, 1.807) is 26.4 Å². The Morgan fingerprint density at radius 2 is 1.94 bits per heavy atom. The third-order valence-electron chi connectivity index (χ3n) is 8.07. The molecular weight excluding hydrogens is 416 g/mol. The molecule has 1 aromatic rings. The number of carbonyl (C=O) groups excluding carboxylic acids is 3. The van der Waals surface area contributed by atoms with Gasteiger partial charge in [0.05, 0.1) is 18.1 Å². The van der Waals surface area contributed by atoms with Crippen LogP contribution in [-0.2, 0) is 30.3 Å². The van der Waals surface area contributed by atoms with Crippen LogP contribution in [0.15, 0.2) is 23.0 Å². The van der Waals surface area contributed by atoms with Gasteiger partial charge in [0.15, 0.2) is 5.78 Å². The second-order valence-corrected chi connectivity index (χ2v) is 9.94. The van der Waals surface area contributed by atoms with E-state index in [4.69, 9.17) is 13.9 Å². The molecule has 0 aromatic carbocycles. The molecule has 2 aliphatic carbocycles. The fourth-order valence-corrected chi connectivity index (χ4v) is 6.29. The number of ketones is 1. The lowest BCUT2D eigenvalue weighted by atomic mass is 9.42. The molecule has 1 heterocycles. The van der Waals surface area contributed by atoms with Gasteiger partial charge in [-0.05, 0) is 37.3 Å². The van der Waals surface area contributed by atoms with E-state index >= 15 is 0 Å². The number of aliphatic hydroxyl groups excluding tert-OH is 1. The van der Waals surface area contributed by atoms with Crippen molar-refractivity contribution in [1.29, 1.82) is 0 Å². The van der Waals surface area contributed by atoms with Crippen molar-refractivity contribution in [2.75, 3.05) is 6.61 Å². The Morgan fingerprint density at radius 1 is 1.25 bits per heavy atom. The van der Waals surface area contributed by atoms with Gasteiger partial charge in [-0.1, -0.05) is 20.8 Å². The molecule has 0 spiro atoms. The Morgan fingerprint density at radius 3 is 2.50 bits per heavy atom. The fraction of sp³-hybridized carbons (Fsp3) is 0.708. The van der Waals surface area contributed by atoms with Gasteiger partial charge >= 0.3 is 11.9 Å². The second kappa shape index (κ2) is 8.63. The van der Waals surface area contributed by atoms with Crippen molar-refractivity contribution in [3.05, 3.63) is 24.2 Å². The van der Waals surface area contributed by atoms with Crippen LogP contribution in [-0.4, -0.2) is 52.4 Å². The molecule has 32 heavy (non-hydrogen) atoms. The minimum atomic E-state index is -1.43. The number of hydrogen-bond donors (Lipinski definition) is 2. The highest BCUT2D eigenvalue weighted by molar-refractivity contribution is 5.88. The first kappa shape index (κ1) is 24.5. The van der Waals surface area contributed by atoms with Gasteiger partial charge < -0.3 is 24.1 Å². The van der Waals surface area contributed by atoms with Crippen molar-refractivity contribution in [3.63, 3.8) is 0 Å². The minimum Gasteiger partial charge on any atom is -0.472 e. The van der Waals surface area contributed by atoms with Crippen LogP contribution in [0, 0.1) is 22.7 Å². The molecular formula is C24H34O8. The number of furan rings is 1. The molecule has 1 aromatic heterocycles. The average molecular weight is 451 g/mol. The maximum atomic E-state index is 13.2. The number of esters is 2. The molecule has 7 atom stereocenters. The number of hydrogen-bond acceptors (Lipinski definition) is 8. The molecule has 3 rings (SSSR count). The summed E-state index contributed by atoms with van der Waals surface area (Å²) in [5, 5.41) is 23.3. The van der Waals surface area contributed by atoms with Crippen LogP contribution in [0.1, 0.15) is 59.4 Å². The average Bonchev–Trinajstić information content (AvgIpc) is 3.24. The lowest BCUT2D eigenvalue weighted by Gasteiger charge is -2.65. The molecule has 8 nitrogen and oxygen atoms in total. The topological polar surface area (TPSA) is 123 Å². The Hall–Kier alpha value is -2.19. The fourth-order valence-electron chi connectivity index (χ4n) is 6.29. The number of ether oxygens (including phenoxy) is 2. The molecule has 2 aliphatic rings. The summed E-state index contributed by atoms with van der Waals surface area (Å²) in [5.41, 5.74) is -2.48. The molecule has 2 fully saturated rings. The van der Waals surface area contributed by atoms with Gasteiger partial charge in [-0.15, -0.1) is 0 Å². The first-order valence-electron chi connectivity index (χ1n) is 11.1. The van der Waals surface area contributed by atoms with Gasteiger partial charge in [-0.25, -0.2) is 0 Å². The second-order valence-electron chi connectivity index (χ2n) is 9.94. The Kier molecular flexibility index (Phi) is 6.60. The SMILES string of the molecule is CC(=O)OC[C@@]1(C)[C@@H](OC(C)=O)CC[C@@]2(C)[C@H]1[C@H](O)C(=O)[C@H](C)[C@]2(O)CCc1ccoc1. The van der Waals surface area contributed by atoms with Gasteiger partial charge in [0.2, 0.25) is 0 Å². The van der Waals surface area contributed by atoms with Crippen LogP contribution in [0.25, 0.3) is 0 Å². The van der Waals surface area contributed by atoms with Crippen LogP contribution in [0.2, 0.25) is 0 Å². The lowest BCUT2D eigenvalue weighted by Crippen LogP contribution is -2.73. The largest absolute Gasteiger partial charge is 0.472 e. The lowest BCUT2D eigenvalue weighted by molar-refractivity contribution is -0.262. The normalized spacial score (nSPS) is 39.3. The van der Waals surface area contributed by atoms with E-state index in [9.17, 15) is 24.6 Å². The predicted octanol–water partition coefficient (Wildman–Crippen LogP) is 2.44. The van der Waals surface area contributed by atoms with Gasteiger partial charge in [0.1, 0.15) is 18.8 Å². The summed E-state index contributed by atoms with van der Waals surface area (Å²) in [6, 6.07) is 1.82. The summed E-state index contributed by atoms with van der Waals surface area (Å²) in [5.74, 6) is -3.05. The van der Waals surface area contributed by atoms with E-state index in [2.05, 4.69) is 0 Å². The van der Waals surface area contributed by atoms with Crippen molar-refractivity contribution < 1.29 is 38.5 Å². The third kappa shape index (κ3) is 3.88. The summed E-state index contributed by atoms with van der Waals surface area (Å²) in [6.07, 6.45) is 2.74. The zero-order valence-electron chi connectivity index (χ0n) is 19.4. The maximum absolute atomic E-state index is 13.2. The summed E-state index contributed by atoms with van der Waals surface area (Å²) in [6.45, 7) is 7.73. The highest BCUT2D eigenvalue weighted by atomic mass is 16.6. The Labute approximate surface area is 188 Å². The van der Waals surface area contributed by atoms with Gasteiger partial charge in [0.25, 0.3) is 0 Å². The van der Waals surface area contributed by atoms with Gasteiger partial charge in [-0.3, -0.25) is 14.4 Å². The molecule has 0 unspecified atom stereocenters. The molecule has 0 saturated heterocycles. The van der Waals surface area contributed by atoms with Gasteiger partial charge in [-0.2, -0.15) is 0 Å². The van der Waals surface area contributed by atoms with Crippen LogP contribution < -0.4 is 0 Å². The Bertz CT molecular complexity index is 863. The number of Topliss-reactive ketones (excluding diaryl/α,β-unsaturated/α-hetero) is 1. The highest BCUT2D eigenvalue weighted by Gasteiger charge is 2.70. The monoisotopic (exact) mass is 450 g/mol. The van der Waals surface area contributed by atoms with E-state index in [-0.39, 0.29) is 6.61 Å². The van der Waals surface area contributed by atoms with E-state index < -0.39 is 58.2 Å². The maximum Gasteiger partial charge on any atom is 0.302 e. The molecule has 2 saturated carbocycles. The molecule has 0 bridgehead atoms. The van der Waals surface area contributed by atoms with Crippen LogP contribution in [0.4, 0.5) is 0 Å². The zero-order chi connectivity index (χ0) is 23.9. The van der Waals surface area contributed by atoms with E-state index in [1.807, 2.05) is 13.0 Å². The van der Waals surface area contributed by atoms with Crippen LogP contribution in [0.3, 0.4) is 0 Å². The summed E-state index contributed by atoms with van der Waals surface area (Å²) in [7, 11) is 0. The van der Waals surface area contributed by atoms with Crippen molar-refractivity contribution in [2.45, 2.75) is 78.1 Å². The first-order valence-corrected chi connectivity index (χ1v) is 11.1.